The van der Waals surface area contributed by atoms with Gasteiger partial charge in [-0.15, -0.1) is 0 Å². The standard InChI is InChI=1S/C38H37ClFN5O4/c1-21-33-30-11-10-29(39)35(33)34-22(2)41-45-14-16-49-31(37(34)45)12-7-26-20-27(43(3)42-26)8-5-23-17-24-19-25(40)6-9-28(24)32(18-23)48-15-4-13-44(30)36(21)38(46)47/h6,9-11,17-20,31H,4-5,7-8,12-16H2,1-3H3,(H,46,47). The molecule has 0 amide bonds. The van der Waals surface area contributed by atoms with Crippen LogP contribution < -0.4 is 4.74 Å². The van der Waals surface area contributed by atoms with Crippen LogP contribution in [-0.4, -0.2) is 48.4 Å². The number of hydrogen-bond acceptors (Lipinski definition) is 5. The number of aromatic nitrogens is 5. The monoisotopic (exact) mass is 681 g/mol. The van der Waals surface area contributed by atoms with Gasteiger partial charge in [0.1, 0.15) is 23.4 Å². The van der Waals surface area contributed by atoms with Gasteiger partial charge in [0.25, 0.3) is 0 Å². The van der Waals surface area contributed by atoms with Crippen molar-refractivity contribution in [1.29, 1.82) is 0 Å². The number of aromatic carboxylic acids is 1. The van der Waals surface area contributed by atoms with E-state index in [-0.39, 0.29) is 17.6 Å². The fourth-order valence-electron chi connectivity index (χ4n) is 7.86. The molecule has 6 aromatic rings. The van der Waals surface area contributed by atoms with E-state index in [1.54, 1.807) is 6.07 Å². The summed E-state index contributed by atoms with van der Waals surface area (Å²) in [7, 11) is 1.97. The van der Waals surface area contributed by atoms with Crippen LogP contribution in [0.3, 0.4) is 0 Å². The Balaban J connectivity index is 1.28. The van der Waals surface area contributed by atoms with Crippen LogP contribution in [0.25, 0.3) is 32.8 Å². The number of carboxylic acids is 1. The van der Waals surface area contributed by atoms with Gasteiger partial charge in [0, 0.05) is 51.7 Å². The second-order valence-corrected chi connectivity index (χ2v) is 13.5. The molecule has 8 bridgehead atoms. The van der Waals surface area contributed by atoms with Crippen LogP contribution in [0.5, 0.6) is 5.75 Å². The Morgan fingerprint density at radius 2 is 1.86 bits per heavy atom. The quantitative estimate of drug-likeness (QED) is 0.191. The van der Waals surface area contributed by atoms with E-state index in [2.05, 4.69) is 6.07 Å². The summed E-state index contributed by atoms with van der Waals surface area (Å²) in [5, 5.41) is 23.2. The van der Waals surface area contributed by atoms with Crippen LogP contribution in [0.1, 0.15) is 63.3 Å². The molecule has 49 heavy (non-hydrogen) atoms. The molecular formula is C38H37ClFN5O4. The second kappa shape index (κ2) is 12.3. The molecule has 5 heterocycles. The number of carbonyl (C=O) groups is 1. The highest BCUT2D eigenvalue weighted by molar-refractivity contribution is 6.35. The van der Waals surface area contributed by atoms with Gasteiger partial charge in [0.15, 0.2) is 0 Å². The molecule has 3 aromatic carbocycles. The van der Waals surface area contributed by atoms with E-state index in [9.17, 15) is 14.3 Å². The van der Waals surface area contributed by atoms with Gasteiger partial charge in [0.2, 0.25) is 0 Å². The molecule has 0 radical (unpaired) electrons. The van der Waals surface area contributed by atoms with Crippen molar-refractivity contribution in [2.24, 2.45) is 7.05 Å². The average Bonchev–Trinajstić information content (AvgIpc) is 3.70. The van der Waals surface area contributed by atoms with E-state index in [0.717, 1.165) is 74.0 Å². The number of ether oxygens (including phenoxy) is 2. The third-order valence-corrected chi connectivity index (χ3v) is 10.4. The highest BCUT2D eigenvalue weighted by Crippen LogP contribution is 2.45. The van der Waals surface area contributed by atoms with Crippen molar-refractivity contribution in [3.05, 3.63) is 99.0 Å². The zero-order valence-electron chi connectivity index (χ0n) is 27.7. The number of hydrogen-bond donors (Lipinski definition) is 1. The summed E-state index contributed by atoms with van der Waals surface area (Å²) in [5.74, 6) is -0.620. The summed E-state index contributed by atoms with van der Waals surface area (Å²) in [5.41, 5.74) is 8.26. The van der Waals surface area contributed by atoms with Crippen LogP contribution >= 0.6 is 11.6 Å². The summed E-state index contributed by atoms with van der Waals surface area (Å²) in [6.45, 7) is 5.76. The Morgan fingerprint density at radius 3 is 2.69 bits per heavy atom. The summed E-state index contributed by atoms with van der Waals surface area (Å²) in [6, 6.07) is 14.7. The van der Waals surface area contributed by atoms with Crippen LogP contribution in [0.2, 0.25) is 5.02 Å². The largest absolute Gasteiger partial charge is 0.493 e. The molecule has 1 unspecified atom stereocenters. The minimum atomic E-state index is -1.00. The SMILES string of the molecule is Cc1nn2c3c1-c1c(Cl)ccc4c1c(C)c(C(=O)O)n4CCCOc1cc(cc4cc(F)ccc14)CCc1cc(nn1C)CCC3OCC2. The molecule has 3 aromatic heterocycles. The summed E-state index contributed by atoms with van der Waals surface area (Å²) < 4.78 is 33.0. The summed E-state index contributed by atoms with van der Waals surface area (Å²) in [4.78, 5) is 12.8. The lowest BCUT2D eigenvalue weighted by Gasteiger charge is -2.26. The molecule has 0 aliphatic carbocycles. The third kappa shape index (κ3) is 5.47. The number of aryl methyl sites for hydroxylation is 7. The van der Waals surface area contributed by atoms with E-state index < -0.39 is 5.97 Å². The van der Waals surface area contributed by atoms with Crippen molar-refractivity contribution in [2.45, 2.75) is 65.1 Å². The summed E-state index contributed by atoms with van der Waals surface area (Å²) >= 11 is 7.05. The van der Waals surface area contributed by atoms with E-state index in [1.165, 1.54) is 12.1 Å². The average molecular weight is 682 g/mol. The molecule has 0 fully saturated rings. The minimum absolute atomic E-state index is 0.223. The first-order valence-electron chi connectivity index (χ1n) is 16.8. The molecule has 0 saturated carbocycles. The van der Waals surface area contributed by atoms with Crippen molar-refractivity contribution in [2.75, 3.05) is 13.2 Å². The fourth-order valence-corrected chi connectivity index (χ4v) is 8.12. The fraction of sp³-hybridized carbons (Fsp3) is 0.342. The molecular weight excluding hydrogens is 645 g/mol. The Morgan fingerprint density at radius 1 is 1.00 bits per heavy atom. The maximum Gasteiger partial charge on any atom is 0.352 e. The number of fused-ring (bicyclic) bond motifs is 7. The van der Waals surface area contributed by atoms with Crippen molar-refractivity contribution in [3.8, 4) is 16.9 Å². The number of carboxylic acid groups (broad SMARTS) is 1. The number of rotatable bonds is 1. The van der Waals surface area contributed by atoms with Crippen LogP contribution in [-0.2, 0) is 44.1 Å². The number of benzene rings is 3. The third-order valence-electron chi connectivity index (χ3n) is 10.0. The van der Waals surface area contributed by atoms with Gasteiger partial charge in [0.05, 0.1) is 36.8 Å². The minimum Gasteiger partial charge on any atom is -0.493 e. The lowest BCUT2D eigenvalue weighted by atomic mass is 9.93. The van der Waals surface area contributed by atoms with E-state index in [4.69, 9.17) is 31.3 Å². The predicted octanol–water partition coefficient (Wildman–Crippen LogP) is 7.77. The smallest absolute Gasteiger partial charge is 0.352 e. The van der Waals surface area contributed by atoms with Gasteiger partial charge in [-0.3, -0.25) is 9.36 Å². The lowest BCUT2D eigenvalue weighted by molar-refractivity contribution is 0.0120. The maximum atomic E-state index is 14.3. The van der Waals surface area contributed by atoms with Gasteiger partial charge >= 0.3 is 5.97 Å². The van der Waals surface area contributed by atoms with Crippen molar-refractivity contribution >= 4 is 39.2 Å². The highest BCUT2D eigenvalue weighted by Gasteiger charge is 2.32. The van der Waals surface area contributed by atoms with Crippen LogP contribution in [0.15, 0.2) is 48.5 Å². The topological polar surface area (TPSA) is 96.3 Å². The molecule has 252 valence electrons. The van der Waals surface area contributed by atoms with E-state index in [0.29, 0.717) is 61.9 Å². The molecule has 0 spiro atoms. The molecule has 2 aliphatic rings. The molecule has 2 aliphatic heterocycles. The van der Waals surface area contributed by atoms with Crippen LogP contribution in [0, 0.1) is 19.7 Å². The molecule has 1 atom stereocenters. The number of halogens is 2. The lowest BCUT2D eigenvalue weighted by Crippen LogP contribution is -2.23. The zero-order chi connectivity index (χ0) is 34.0. The second-order valence-electron chi connectivity index (χ2n) is 13.1. The summed E-state index contributed by atoms with van der Waals surface area (Å²) in [6.07, 6.45) is 3.19. The molecule has 1 N–H and O–H groups in total. The van der Waals surface area contributed by atoms with E-state index in [1.807, 2.05) is 59.1 Å². The predicted molar refractivity (Wildman–Crippen MR) is 186 cm³/mol. The van der Waals surface area contributed by atoms with Gasteiger partial charge in [-0.2, -0.15) is 10.2 Å². The first kappa shape index (κ1) is 31.6. The molecule has 11 heteroatoms. The van der Waals surface area contributed by atoms with E-state index >= 15 is 0 Å². The van der Waals surface area contributed by atoms with Gasteiger partial charge < -0.3 is 19.1 Å². The van der Waals surface area contributed by atoms with Crippen molar-refractivity contribution in [3.63, 3.8) is 0 Å². The van der Waals surface area contributed by atoms with Gasteiger partial charge in [-0.05, 0) is 105 Å². The normalized spacial score (nSPS) is 16.8. The maximum absolute atomic E-state index is 14.3. The first-order valence-corrected chi connectivity index (χ1v) is 17.2. The Labute approximate surface area is 287 Å². The number of nitrogens with zero attached hydrogens (tertiary/aromatic N) is 5. The van der Waals surface area contributed by atoms with Gasteiger partial charge in [-0.25, -0.2) is 9.18 Å². The molecule has 0 saturated heterocycles. The first-order chi connectivity index (χ1) is 23.7. The Bertz CT molecular complexity index is 2290. The van der Waals surface area contributed by atoms with Gasteiger partial charge in [-0.1, -0.05) is 17.7 Å². The zero-order valence-corrected chi connectivity index (χ0v) is 28.5. The molecule has 8 rings (SSSR count). The molecule has 9 nitrogen and oxygen atoms in total. The van der Waals surface area contributed by atoms with Crippen molar-refractivity contribution in [1.82, 2.24) is 24.1 Å². The highest BCUT2D eigenvalue weighted by atomic mass is 35.5. The van der Waals surface area contributed by atoms with Crippen LogP contribution in [0.4, 0.5) is 4.39 Å². The Kier molecular flexibility index (Phi) is 7.95. The van der Waals surface area contributed by atoms with Crippen molar-refractivity contribution < 1.29 is 23.8 Å². The Hall–Kier alpha value is -4.67.